The number of aliphatic carboxylic acids is 1. The Kier molecular flexibility index (Phi) is 4.29. The maximum absolute atomic E-state index is 12.3. The fraction of sp³-hybridized carbons (Fsp3) is 0.846. The van der Waals surface area contributed by atoms with E-state index in [1.165, 1.54) is 4.90 Å². The Bertz CT molecular complexity index is 361. The number of amides is 2. The molecule has 0 saturated carbocycles. The second-order valence-electron chi connectivity index (χ2n) is 5.77. The van der Waals surface area contributed by atoms with Crippen LogP contribution in [-0.4, -0.2) is 78.1 Å². The van der Waals surface area contributed by atoms with Gasteiger partial charge in [0.05, 0.1) is 0 Å². The highest BCUT2D eigenvalue weighted by molar-refractivity contribution is 5.83. The summed E-state index contributed by atoms with van der Waals surface area (Å²) in [6.07, 6.45) is 2.46. The summed E-state index contributed by atoms with van der Waals surface area (Å²) in [6.45, 7) is 3.37. The summed E-state index contributed by atoms with van der Waals surface area (Å²) in [5.74, 6) is -0.385. The molecular formula is C13H23N3O3. The number of hydrogen-bond acceptors (Lipinski definition) is 3. The number of carboxylic acid groups (broad SMARTS) is 1. The molecule has 2 aliphatic rings. The summed E-state index contributed by atoms with van der Waals surface area (Å²) in [4.78, 5) is 28.9. The first-order valence-electron chi connectivity index (χ1n) is 6.92. The molecule has 2 unspecified atom stereocenters. The minimum Gasteiger partial charge on any atom is -0.480 e. The summed E-state index contributed by atoms with van der Waals surface area (Å²) < 4.78 is 0. The molecule has 2 amide bonds. The van der Waals surface area contributed by atoms with Crippen molar-refractivity contribution in [2.24, 2.45) is 5.92 Å². The Morgan fingerprint density at radius 2 is 2.05 bits per heavy atom. The molecule has 0 bridgehead atoms. The highest BCUT2D eigenvalue weighted by atomic mass is 16.4. The Hall–Kier alpha value is -1.30. The zero-order valence-electron chi connectivity index (χ0n) is 11.7. The van der Waals surface area contributed by atoms with E-state index in [2.05, 4.69) is 11.9 Å². The van der Waals surface area contributed by atoms with Crippen LogP contribution in [0.3, 0.4) is 0 Å². The molecule has 0 aromatic carbocycles. The molecule has 6 nitrogen and oxygen atoms in total. The molecule has 19 heavy (non-hydrogen) atoms. The number of nitrogens with zero attached hydrogens (tertiary/aromatic N) is 3. The van der Waals surface area contributed by atoms with Crippen molar-refractivity contribution in [3.8, 4) is 0 Å². The lowest BCUT2D eigenvalue weighted by molar-refractivity contribution is -0.141. The first-order valence-corrected chi connectivity index (χ1v) is 6.92. The predicted octanol–water partition coefficient (Wildman–Crippen LogP) is 0.539. The van der Waals surface area contributed by atoms with Gasteiger partial charge in [0.2, 0.25) is 0 Å². The second kappa shape index (κ2) is 5.77. The van der Waals surface area contributed by atoms with E-state index in [4.69, 9.17) is 5.11 Å². The maximum Gasteiger partial charge on any atom is 0.326 e. The van der Waals surface area contributed by atoms with Crippen molar-refractivity contribution >= 4 is 12.0 Å². The van der Waals surface area contributed by atoms with Gasteiger partial charge in [0.25, 0.3) is 0 Å². The average Bonchev–Trinajstić information content (AvgIpc) is 2.97. The van der Waals surface area contributed by atoms with Crippen molar-refractivity contribution in [2.75, 3.05) is 40.3 Å². The van der Waals surface area contributed by atoms with Gasteiger partial charge >= 0.3 is 12.0 Å². The first kappa shape index (κ1) is 14.1. The molecule has 2 heterocycles. The summed E-state index contributed by atoms with van der Waals surface area (Å²) in [7, 11) is 3.86. The van der Waals surface area contributed by atoms with E-state index >= 15 is 0 Å². The van der Waals surface area contributed by atoms with Gasteiger partial charge in [-0.2, -0.15) is 0 Å². The van der Waals surface area contributed by atoms with Gasteiger partial charge in [-0.3, -0.25) is 0 Å². The van der Waals surface area contributed by atoms with Crippen LogP contribution in [0.4, 0.5) is 4.79 Å². The molecule has 0 spiro atoms. The van der Waals surface area contributed by atoms with Crippen LogP contribution in [0.25, 0.3) is 0 Å². The monoisotopic (exact) mass is 269 g/mol. The van der Waals surface area contributed by atoms with Gasteiger partial charge in [-0.15, -0.1) is 0 Å². The fourth-order valence-corrected chi connectivity index (χ4v) is 3.11. The second-order valence-corrected chi connectivity index (χ2v) is 5.77. The van der Waals surface area contributed by atoms with E-state index in [-0.39, 0.29) is 6.03 Å². The highest BCUT2D eigenvalue weighted by Gasteiger charge is 2.36. The van der Waals surface area contributed by atoms with Crippen LogP contribution in [0.1, 0.15) is 19.3 Å². The van der Waals surface area contributed by atoms with Gasteiger partial charge in [0.1, 0.15) is 6.04 Å². The third-order valence-corrected chi connectivity index (χ3v) is 4.13. The van der Waals surface area contributed by atoms with Crippen LogP contribution in [0.2, 0.25) is 0 Å². The van der Waals surface area contributed by atoms with Crippen molar-refractivity contribution < 1.29 is 14.7 Å². The first-order chi connectivity index (χ1) is 8.99. The van der Waals surface area contributed by atoms with E-state index in [0.29, 0.717) is 25.4 Å². The zero-order chi connectivity index (χ0) is 14.0. The molecule has 2 rings (SSSR count). The van der Waals surface area contributed by atoms with E-state index in [1.807, 2.05) is 0 Å². The Morgan fingerprint density at radius 1 is 1.32 bits per heavy atom. The van der Waals surface area contributed by atoms with Gasteiger partial charge in [-0.1, -0.05) is 0 Å². The lowest BCUT2D eigenvalue weighted by atomic mass is 10.1. The van der Waals surface area contributed by atoms with Crippen LogP contribution in [-0.2, 0) is 4.79 Å². The van der Waals surface area contributed by atoms with Crippen LogP contribution >= 0.6 is 0 Å². The summed E-state index contributed by atoms with van der Waals surface area (Å²) in [6, 6.07) is -0.777. The van der Waals surface area contributed by atoms with Gasteiger partial charge in [0.15, 0.2) is 0 Å². The molecule has 0 aliphatic carbocycles. The highest BCUT2D eigenvalue weighted by Crippen LogP contribution is 2.21. The molecule has 2 atom stereocenters. The predicted molar refractivity (Wildman–Crippen MR) is 71.0 cm³/mol. The van der Waals surface area contributed by atoms with E-state index in [9.17, 15) is 9.59 Å². The van der Waals surface area contributed by atoms with Gasteiger partial charge in [-0.25, -0.2) is 9.59 Å². The quantitative estimate of drug-likeness (QED) is 0.812. The zero-order valence-corrected chi connectivity index (χ0v) is 11.7. The van der Waals surface area contributed by atoms with Crippen molar-refractivity contribution in [3.63, 3.8) is 0 Å². The molecule has 6 heteroatoms. The van der Waals surface area contributed by atoms with Gasteiger partial charge < -0.3 is 19.8 Å². The SMILES string of the molecule is CN1CCC(CN(C)C(=O)N2CCCC2C(=O)O)C1. The number of carbonyl (C=O) groups is 2. The smallest absolute Gasteiger partial charge is 0.326 e. The number of likely N-dealkylation sites (tertiary alicyclic amines) is 2. The number of carbonyl (C=O) groups excluding carboxylic acids is 1. The lowest BCUT2D eigenvalue weighted by Crippen LogP contribution is -2.47. The van der Waals surface area contributed by atoms with Gasteiger partial charge in [-0.05, 0) is 38.8 Å². The van der Waals surface area contributed by atoms with Crippen molar-refractivity contribution in [1.29, 1.82) is 0 Å². The largest absolute Gasteiger partial charge is 0.480 e. The van der Waals surface area contributed by atoms with E-state index in [0.717, 1.165) is 25.9 Å². The molecule has 108 valence electrons. The van der Waals surface area contributed by atoms with Crippen LogP contribution in [0.15, 0.2) is 0 Å². The van der Waals surface area contributed by atoms with Crippen molar-refractivity contribution in [3.05, 3.63) is 0 Å². The molecule has 2 saturated heterocycles. The maximum atomic E-state index is 12.3. The minimum absolute atomic E-state index is 0.139. The summed E-state index contributed by atoms with van der Waals surface area (Å²) in [5.41, 5.74) is 0. The van der Waals surface area contributed by atoms with Crippen LogP contribution in [0, 0.1) is 5.92 Å². The van der Waals surface area contributed by atoms with Gasteiger partial charge in [0, 0.05) is 26.7 Å². The lowest BCUT2D eigenvalue weighted by Gasteiger charge is -2.29. The Morgan fingerprint density at radius 3 is 2.63 bits per heavy atom. The van der Waals surface area contributed by atoms with E-state index in [1.54, 1.807) is 11.9 Å². The number of carboxylic acids is 1. The number of urea groups is 1. The van der Waals surface area contributed by atoms with Crippen LogP contribution in [0.5, 0.6) is 0 Å². The third kappa shape index (κ3) is 3.18. The van der Waals surface area contributed by atoms with Crippen molar-refractivity contribution in [1.82, 2.24) is 14.7 Å². The normalized spacial score (nSPS) is 27.8. The fourth-order valence-electron chi connectivity index (χ4n) is 3.11. The number of rotatable bonds is 3. The topological polar surface area (TPSA) is 64.1 Å². The number of hydrogen-bond donors (Lipinski definition) is 1. The third-order valence-electron chi connectivity index (χ3n) is 4.13. The molecule has 2 aliphatic heterocycles. The summed E-state index contributed by atoms with van der Waals surface area (Å²) >= 11 is 0. The molecule has 0 radical (unpaired) electrons. The van der Waals surface area contributed by atoms with Crippen LogP contribution < -0.4 is 0 Å². The van der Waals surface area contributed by atoms with Crippen molar-refractivity contribution in [2.45, 2.75) is 25.3 Å². The Balaban J connectivity index is 1.89. The summed E-state index contributed by atoms with van der Waals surface area (Å²) in [5, 5.41) is 9.11. The molecule has 0 aromatic heterocycles. The standard InChI is InChI=1S/C13H23N3O3/c1-14-7-5-10(8-14)9-15(2)13(19)16-6-3-4-11(16)12(17)18/h10-11H,3-9H2,1-2H3,(H,17,18). The molecule has 1 N–H and O–H groups in total. The molecule has 0 aromatic rings. The van der Waals surface area contributed by atoms with E-state index < -0.39 is 12.0 Å². The molecular weight excluding hydrogens is 246 g/mol. The molecule has 2 fully saturated rings. The minimum atomic E-state index is -0.889. The average molecular weight is 269 g/mol. The Labute approximate surface area is 114 Å².